The van der Waals surface area contributed by atoms with Crippen molar-refractivity contribution in [2.45, 2.75) is 26.8 Å². The van der Waals surface area contributed by atoms with Crippen LogP contribution in [0.25, 0.3) is 0 Å². The minimum absolute atomic E-state index is 0.0580. The summed E-state index contributed by atoms with van der Waals surface area (Å²) in [5.41, 5.74) is 0.472. The normalized spacial score (nSPS) is 10.5. The molecule has 1 rings (SSSR count). The molecule has 2 N–H and O–H groups in total. The lowest BCUT2D eigenvalue weighted by Gasteiger charge is -2.10. The van der Waals surface area contributed by atoms with Crippen LogP contribution in [0.1, 0.15) is 25.8 Å². The van der Waals surface area contributed by atoms with Gasteiger partial charge in [-0.2, -0.15) is 0 Å². The predicted molar refractivity (Wildman–Crippen MR) is 80.4 cm³/mol. The zero-order chi connectivity index (χ0) is 16.0. The van der Waals surface area contributed by atoms with E-state index in [1.54, 1.807) is 0 Å². The van der Waals surface area contributed by atoms with E-state index in [1.807, 2.05) is 13.8 Å². The Labute approximate surface area is 133 Å². The average Bonchev–Trinajstić information content (AvgIpc) is 2.34. The number of rotatable bonds is 6. The monoisotopic (exact) mass is 333 g/mol. The van der Waals surface area contributed by atoms with Crippen LogP contribution in [0.2, 0.25) is 10.0 Å². The van der Waals surface area contributed by atoms with Crippen molar-refractivity contribution < 1.29 is 19.4 Å². The third-order valence-corrected chi connectivity index (χ3v) is 3.15. The Kier molecular flexibility index (Phi) is 6.78. The number of phenols is 1. The molecule has 0 heterocycles. The van der Waals surface area contributed by atoms with E-state index in [4.69, 9.17) is 27.9 Å². The molecule has 116 valence electrons. The van der Waals surface area contributed by atoms with Gasteiger partial charge in [0.1, 0.15) is 12.2 Å². The van der Waals surface area contributed by atoms with Crippen molar-refractivity contribution in [2.24, 2.45) is 5.92 Å². The molecule has 0 aliphatic rings. The van der Waals surface area contributed by atoms with E-state index in [0.717, 1.165) is 0 Å². The molecule has 1 amide bonds. The molecule has 0 unspecified atom stereocenters. The van der Waals surface area contributed by atoms with E-state index in [9.17, 15) is 14.7 Å². The summed E-state index contributed by atoms with van der Waals surface area (Å²) in [5, 5.41) is 12.3. The molecule has 0 aliphatic carbocycles. The number of carbonyl (C=O) groups is 2. The summed E-state index contributed by atoms with van der Waals surface area (Å²) < 4.78 is 4.90. The van der Waals surface area contributed by atoms with Gasteiger partial charge in [-0.3, -0.25) is 9.59 Å². The molecule has 0 radical (unpaired) electrons. The number of amides is 1. The summed E-state index contributed by atoms with van der Waals surface area (Å²) in [7, 11) is 0. The lowest BCUT2D eigenvalue weighted by Crippen LogP contribution is -2.26. The number of carbonyl (C=O) groups excluding carboxylic acids is 2. The molecular formula is C14H17Cl2NO4. The maximum absolute atomic E-state index is 11.6. The van der Waals surface area contributed by atoms with Crippen molar-refractivity contribution in [1.82, 2.24) is 5.32 Å². The van der Waals surface area contributed by atoms with Gasteiger partial charge in [0.25, 0.3) is 0 Å². The number of hydrogen-bond acceptors (Lipinski definition) is 4. The Morgan fingerprint density at radius 3 is 2.38 bits per heavy atom. The van der Waals surface area contributed by atoms with E-state index in [1.165, 1.54) is 12.1 Å². The van der Waals surface area contributed by atoms with Crippen molar-refractivity contribution in [2.75, 3.05) is 6.61 Å². The second-order valence-corrected chi connectivity index (χ2v) is 5.73. The summed E-state index contributed by atoms with van der Waals surface area (Å²) in [6, 6.07) is 2.65. The summed E-state index contributed by atoms with van der Waals surface area (Å²) in [4.78, 5) is 23.0. The zero-order valence-corrected chi connectivity index (χ0v) is 13.3. The fraction of sp³-hybridized carbons (Fsp3) is 0.429. The first-order chi connectivity index (χ1) is 9.79. The number of nitrogens with one attached hydrogen (secondary N) is 1. The number of esters is 1. The number of benzene rings is 1. The molecule has 7 heteroatoms. The number of hydrogen-bond donors (Lipinski definition) is 2. The largest absolute Gasteiger partial charge is 0.508 e. The van der Waals surface area contributed by atoms with Crippen LogP contribution in [0.5, 0.6) is 5.75 Å². The third kappa shape index (κ3) is 6.23. The average molecular weight is 334 g/mol. The molecule has 0 aliphatic heterocycles. The highest BCUT2D eigenvalue weighted by molar-refractivity contribution is 6.36. The van der Waals surface area contributed by atoms with Crippen LogP contribution in [0.15, 0.2) is 12.1 Å². The zero-order valence-electron chi connectivity index (χ0n) is 11.8. The fourth-order valence-corrected chi connectivity index (χ4v) is 2.06. The summed E-state index contributed by atoms with van der Waals surface area (Å²) >= 11 is 11.8. The topological polar surface area (TPSA) is 75.6 Å². The number of halogens is 2. The quantitative estimate of drug-likeness (QED) is 0.620. The molecule has 5 nitrogen and oxygen atoms in total. The van der Waals surface area contributed by atoms with Gasteiger partial charge in [-0.25, -0.2) is 0 Å². The lowest BCUT2D eigenvalue weighted by atomic mass is 10.2. The molecule has 0 aromatic heterocycles. The molecule has 0 atom stereocenters. The van der Waals surface area contributed by atoms with Crippen LogP contribution >= 0.6 is 23.2 Å². The maximum atomic E-state index is 11.6. The Balaban J connectivity index is 2.48. The molecule has 0 saturated carbocycles. The van der Waals surface area contributed by atoms with Crippen molar-refractivity contribution in [1.29, 1.82) is 0 Å². The highest BCUT2D eigenvalue weighted by atomic mass is 35.5. The Hall–Kier alpha value is -1.46. The third-order valence-electron chi connectivity index (χ3n) is 2.47. The summed E-state index contributed by atoms with van der Waals surface area (Å²) in [5.74, 6) is -0.906. The van der Waals surface area contributed by atoms with Crippen molar-refractivity contribution in [3.63, 3.8) is 0 Å². The van der Waals surface area contributed by atoms with Gasteiger partial charge in [-0.15, -0.1) is 0 Å². The van der Waals surface area contributed by atoms with Gasteiger partial charge in [0.15, 0.2) is 0 Å². The number of phenolic OH excluding ortho intramolecular Hbond substituents is 1. The highest BCUT2D eigenvalue weighted by Crippen LogP contribution is 2.29. The molecule has 1 aromatic carbocycles. The Morgan fingerprint density at radius 2 is 1.86 bits per heavy atom. The lowest BCUT2D eigenvalue weighted by molar-refractivity contribution is -0.147. The first kappa shape index (κ1) is 17.6. The van der Waals surface area contributed by atoms with Crippen LogP contribution in [0.4, 0.5) is 0 Å². The fourth-order valence-electron chi connectivity index (χ4n) is 1.45. The van der Waals surface area contributed by atoms with E-state index >= 15 is 0 Å². The van der Waals surface area contributed by atoms with Crippen molar-refractivity contribution in [3.05, 3.63) is 27.7 Å². The van der Waals surface area contributed by atoms with Gasteiger partial charge in [0.05, 0.1) is 16.7 Å². The molecule has 1 aromatic rings. The molecule has 0 fully saturated rings. The Bertz CT molecular complexity index is 509. The highest BCUT2D eigenvalue weighted by Gasteiger charge is 2.13. The molecule has 0 saturated heterocycles. The Morgan fingerprint density at radius 1 is 1.29 bits per heavy atom. The first-order valence-electron chi connectivity index (χ1n) is 6.38. The second-order valence-electron chi connectivity index (χ2n) is 4.92. The molecule has 21 heavy (non-hydrogen) atoms. The molecule has 0 bridgehead atoms. The number of aromatic hydroxyl groups is 1. The van der Waals surface area contributed by atoms with Crippen LogP contribution < -0.4 is 5.32 Å². The van der Waals surface area contributed by atoms with Crippen LogP contribution in [0, 0.1) is 5.92 Å². The SMILES string of the molecule is CC(C)COC(=O)CC(=O)NCc1c(Cl)cc(O)cc1Cl. The van der Waals surface area contributed by atoms with Gasteiger partial charge in [0.2, 0.25) is 5.91 Å². The second kappa shape index (κ2) is 8.10. The predicted octanol–water partition coefficient (Wildman–Crippen LogP) is 2.90. The summed E-state index contributed by atoms with van der Waals surface area (Å²) in [6.45, 7) is 4.15. The number of ether oxygens (including phenoxy) is 1. The van der Waals surface area contributed by atoms with Crippen LogP contribution in [0.3, 0.4) is 0 Å². The minimum atomic E-state index is -0.580. The molecule has 0 spiro atoms. The van der Waals surface area contributed by atoms with Gasteiger partial charge in [0, 0.05) is 12.1 Å². The van der Waals surface area contributed by atoms with E-state index in [-0.39, 0.29) is 41.3 Å². The maximum Gasteiger partial charge on any atom is 0.315 e. The van der Waals surface area contributed by atoms with Crippen LogP contribution in [-0.4, -0.2) is 23.6 Å². The first-order valence-corrected chi connectivity index (χ1v) is 7.14. The van der Waals surface area contributed by atoms with Gasteiger partial charge >= 0.3 is 5.97 Å². The standard InChI is InChI=1S/C14H17Cl2NO4/c1-8(2)7-21-14(20)5-13(19)17-6-10-11(15)3-9(18)4-12(10)16/h3-4,8,18H,5-7H2,1-2H3,(H,17,19). The smallest absolute Gasteiger partial charge is 0.315 e. The van der Waals surface area contributed by atoms with E-state index in [0.29, 0.717) is 5.56 Å². The van der Waals surface area contributed by atoms with Crippen molar-refractivity contribution >= 4 is 35.1 Å². The van der Waals surface area contributed by atoms with Gasteiger partial charge < -0.3 is 15.2 Å². The minimum Gasteiger partial charge on any atom is -0.508 e. The van der Waals surface area contributed by atoms with Crippen molar-refractivity contribution in [3.8, 4) is 5.75 Å². The van der Waals surface area contributed by atoms with E-state index in [2.05, 4.69) is 5.32 Å². The van der Waals surface area contributed by atoms with Gasteiger partial charge in [-0.1, -0.05) is 37.0 Å². The molecular weight excluding hydrogens is 317 g/mol. The van der Waals surface area contributed by atoms with E-state index < -0.39 is 11.9 Å². The van der Waals surface area contributed by atoms with Gasteiger partial charge in [-0.05, 0) is 18.1 Å². The van der Waals surface area contributed by atoms with Crippen LogP contribution in [-0.2, 0) is 20.9 Å². The summed E-state index contributed by atoms with van der Waals surface area (Å²) in [6.07, 6.45) is -0.361.